The molecule has 0 aliphatic heterocycles. The first-order valence-electron chi connectivity index (χ1n) is 5.97. The highest BCUT2D eigenvalue weighted by molar-refractivity contribution is 5.97. The van der Waals surface area contributed by atoms with Crippen molar-refractivity contribution in [3.63, 3.8) is 0 Å². The third-order valence-corrected chi connectivity index (χ3v) is 3.02. The molecule has 1 aromatic carbocycles. The maximum atomic E-state index is 13.7. The number of aliphatic carboxylic acids is 1. The van der Waals surface area contributed by atoms with Gasteiger partial charge in [0.1, 0.15) is 12.4 Å². The largest absolute Gasteiger partial charge is 0.480 e. The number of carbonyl (C=O) groups excluding carboxylic acids is 1. The van der Waals surface area contributed by atoms with Crippen LogP contribution in [0.2, 0.25) is 0 Å². The van der Waals surface area contributed by atoms with Gasteiger partial charge in [0.15, 0.2) is 0 Å². The number of carbonyl (C=O) groups is 2. The van der Waals surface area contributed by atoms with Crippen LogP contribution in [0.1, 0.15) is 23.2 Å². The molecule has 1 aliphatic rings. The van der Waals surface area contributed by atoms with E-state index in [1.165, 1.54) is 0 Å². The maximum absolute atomic E-state index is 13.7. The molecule has 0 bridgehead atoms. The van der Waals surface area contributed by atoms with E-state index in [9.17, 15) is 28.5 Å². The SMILES string of the molecule is O=C(O)CN(C(=O)c1cc([N+](=O)[O-])c(F)cc1F)C1CC1. The van der Waals surface area contributed by atoms with Crippen LogP contribution in [-0.4, -0.2) is 39.4 Å². The second kappa shape index (κ2) is 5.43. The normalized spacial score (nSPS) is 13.8. The molecule has 0 saturated heterocycles. The van der Waals surface area contributed by atoms with Gasteiger partial charge in [0.25, 0.3) is 5.91 Å². The molecule has 1 saturated carbocycles. The first-order chi connectivity index (χ1) is 9.81. The highest BCUT2D eigenvalue weighted by Crippen LogP contribution is 2.30. The number of nitro benzene ring substituents is 1. The molecule has 0 radical (unpaired) electrons. The fourth-order valence-electron chi connectivity index (χ4n) is 1.89. The average molecular weight is 300 g/mol. The zero-order valence-electron chi connectivity index (χ0n) is 10.6. The van der Waals surface area contributed by atoms with Gasteiger partial charge in [-0.15, -0.1) is 0 Å². The number of benzene rings is 1. The summed E-state index contributed by atoms with van der Waals surface area (Å²) in [5.41, 5.74) is -1.75. The van der Waals surface area contributed by atoms with E-state index < -0.39 is 46.2 Å². The maximum Gasteiger partial charge on any atom is 0.323 e. The Hall–Kier alpha value is -2.58. The molecule has 9 heteroatoms. The van der Waals surface area contributed by atoms with Gasteiger partial charge in [-0.25, -0.2) is 4.39 Å². The fourth-order valence-corrected chi connectivity index (χ4v) is 1.89. The van der Waals surface area contributed by atoms with Crippen LogP contribution in [0.4, 0.5) is 14.5 Å². The summed E-state index contributed by atoms with van der Waals surface area (Å²) in [6.45, 7) is -0.645. The molecule has 2 rings (SSSR count). The Kier molecular flexibility index (Phi) is 3.83. The lowest BCUT2D eigenvalue weighted by Gasteiger charge is -2.20. The molecule has 0 atom stereocenters. The van der Waals surface area contributed by atoms with Gasteiger partial charge in [0, 0.05) is 18.2 Å². The van der Waals surface area contributed by atoms with Crippen molar-refractivity contribution in [2.75, 3.05) is 6.54 Å². The lowest BCUT2D eigenvalue weighted by atomic mass is 10.1. The van der Waals surface area contributed by atoms with Crippen molar-refractivity contribution in [2.24, 2.45) is 0 Å². The van der Waals surface area contributed by atoms with Gasteiger partial charge < -0.3 is 10.0 Å². The smallest absolute Gasteiger partial charge is 0.323 e. The molecular weight excluding hydrogens is 290 g/mol. The Morgan fingerprint density at radius 3 is 2.43 bits per heavy atom. The Bertz CT molecular complexity index is 630. The highest BCUT2D eigenvalue weighted by Gasteiger charge is 2.36. The van der Waals surface area contributed by atoms with E-state index in [1.54, 1.807) is 0 Å². The van der Waals surface area contributed by atoms with Crippen LogP contribution in [0.15, 0.2) is 12.1 Å². The number of carboxylic acids is 1. The number of carboxylic acid groups (broad SMARTS) is 1. The minimum atomic E-state index is -1.40. The van der Waals surface area contributed by atoms with Crippen LogP contribution in [0.25, 0.3) is 0 Å². The summed E-state index contributed by atoms with van der Waals surface area (Å²) in [7, 11) is 0. The van der Waals surface area contributed by atoms with Crippen molar-refractivity contribution in [1.29, 1.82) is 0 Å². The topological polar surface area (TPSA) is 101 Å². The molecule has 0 heterocycles. The van der Waals surface area contributed by atoms with Crippen molar-refractivity contribution in [1.82, 2.24) is 4.90 Å². The van der Waals surface area contributed by atoms with E-state index in [-0.39, 0.29) is 12.1 Å². The molecule has 0 unspecified atom stereocenters. The Balaban J connectivity index is 2.39. The number of rotatable bonds is 5. The average Bonchev–Trinajstić information content (AvgIpc) is 3.18. The minimum Gasteiger partial charge on any atom is -0.480 e. The van der Waals surface area contributed by atoms with Crippen molar-refractivity contribution in [3.05, 3.63) is 39.4 Å². The third-order valence-electron chi connectivity index (χ3n) is 3.02. The van der Waals surface area contributed by atoms with Crippen molar-refractivity contribution >= 4 is 17.6 Å². The second-order valence-corrected chi connectivity index (χ2v) is 4.60. The molecule has 1 amide bonds. The fraction of sp³-hybridized carbons (Fsp3) is 0.333. The predicted molar refractivity (Wildman–Crippen MR) is 64.7 cm³/mol. The van der Waals surface area contributed by atoms with Crippen LogP contribution in [0, 0.1) is 21.7 Å². The van der Waals surface area contributed by atoms with Crippen molar-refractivity contribution < 1.29 is 28.4 Å². The molecule has 7 nitrogen and oxygen atoms in total. The van der Waals surface area contributed by atoms with Gasteiger partial charge in [-0.1, -0.05) is 0 Å². The molecule has 1 aliphatic carbocycles. The zero-order chi connectivity index (χ0) is 15.7. The number of nitro groups is 1. The number of amides is 1. The number of halogens is 2. The number of hydrogen-bond acceptors (Lipinski definition) is 4. The van der Waals surface area contributed by atoms with E-state index >= 15 is 0 Å². The molecular formula is C12H10F2N2O5. The van der Waals surface area contributed by atoms with Gasteiger partial charge in [-0.2, -0.15) is 4.39 Å². The standard InChI is InChI=1S/C12H10F2N2O5/c13-8-4-9(14)10(16(20)21)3-7(8)12(19)15(5-11(17)18)6-1-2-6/h3-4,6H,1-2,5H2,(H,17,18). The van der Waals surface area contributed by atoms with Crippen LogP contribution < -0.4 is 0 Å². The van der Waals surface area contributed by atoms with Gasteiger partial charge in [0.05, 0.1) is 10.5 Å². The molecule has 21 heavy (non-hydrogen) atoms. The summed E-state index contributed by atoms with van der Waals surface area (Å²) < 4.78 is 26.9. The Morgan fingerprint density at radius 2 is 1.95 bits per heavy atom. The molecule has 1 aromatic rings. The summed E-state index contributed by atoms with van der Waals surface area (Å²) in [5.74, 6) is -4.95. The zero-order valence-corrected chi connectivity index (χ0v) is 10.6. The van der Waals surface area contributed by atoms with E-state index in [0.29, 0.717) is 18.9 Å². The number of hydrogen-bond donors (Lipinski definition) is 1. The first-order valence-corrected chi connectivity index (χ1v) is 5.97. The van der Waals surface area contributed by atoms with E-state index in [0.717, 1.165) is 4.90 Å². The Morgan fingerprint density at radius 1 is 1.33 bits per heavy atom. The molecule has 1 fully saturated rings. The Labute approximate surface area is 116 Å². The van der Waals surface area contributed by atoms with E-state index in [2.05, 4.69) is 0 Å². The summed E-state index contributed by atoms with van der Waals surface area (Å²) >= 11 is 0. The summed E-state index contributed by atoms with van der Waals surface area (Å²) in [6.07, 6.45) is 1.15. The van der Waals surface area contributed by atoms with Crippen molar-refractivity contribution in [2.45, 2.75) is 18.9 Å². The van der Waals surface area contributed by atoms with Gasteiger partial charge >= 0.3 is 11.7 Å². The van der Waals surface area contributed by atoms with Crippen LogP contribution in [0.3, 0.4) is 0 Å². The monoisotopic (exact) mass is 300 g/mol. The molecule has 112 valence electrons. The van der Waals surface area contributed by atoms with Gasteiger partial charge in [-0.3, -0.25) is 19.7 Å². The lowest BCUT2D eigenvalue weighted by molar-refractivity contribution is -0.387. The van der Waals surface area contributed by atoms with Crippen LogP contribution in [0.5, 0.6) is 0 Å². The van der Waals surface area contributed by atoms with Gasteiger partial charge in [-0.05, 0) is 12.8 Å². The molecule has 0 spiro atoms. The quantitative estimate of drug-likeness (QED) is 0.657. The van der Waals surface area contributed by atoms with E-state index in [1.807, 2.05) is 0 Å². The summed E-state index contributed by atoms with van der Waals surface area (Å²) in [5, 5.41) is 19.4. The second-order valence-electron chi connectivity index (χ2n) is 4.60. The van der Waals surface area contributed by atoms with Crippen LogP contribution in [-0.2, 0) is 4.79 Å². The number of nitrogens with zero attached hydrogens (tertiary/aromatic N) is 2. The minimum absolute atomic E-state index is 0.247. The lowest BCUT2D eigenvalue weighted by Crippen LogP contribution is -2.38. The predicted octanol–water partition coefficient (Wildman–Crippen LogP) is 1.56. The molecule has 1 N–H and O–H groups in total. The van der Waals surface area contributed by atoms with Crippen molar-refractivity contribution in [3.8, 4) is 0 Å². The highest BCUT2D eigenvalue weighted by atomic mass is 19.1. The van der Waals surface area contributed by atoms with E-state index in [4.69, 9.17) is 5.11 Å². The summed E-state index contributed by atoms with van der Waals surface area (Å²) in [6, 6.07) is 0.402. The van der Waals surface area contributed by atoms with Gasteiger partial charge in [0.2, 0.25) is 5.82 Å². The summed E-state index contributed by atoms with van der Waals surface area (Å²) in [4.78, 5) is 33.3. The first kappa shape index (κ1) is 14.8. The molecule has 0 aromatic heterocycles. The van der Waals surface area contributed by atoms with Crippen LogP contribution >= 0.6 is 0 Å². The third kappa shape index (κ3) is 3.12.